The molecule has 1 saturated carbocycles. The lowest BCUT2D eigenvalue weighted by Gasteiger charge is -2.27. The fraction of sp³-hybridized carbons (Fsp3) is 0.312. The van der Waals surface area contributed by atoms with Gasteiger partial charge in [-0.3, -0.25) is 37.4 Å². The van der Waals surface area contributed by atoms with Crippen LogP contribution in [0.4, 0.5) is 5.82 Å². The number of likely N-dealkylation sites (tertiary alicyclic amines) is 1. The first-order valence-electron chi connectivity index (χ1n) is 25.7. The number of ether oxygens (including phenoxy) is 2. The summed E-state index contributed by atoms with van der Waals surface area (Å²) in [5.41, 5.74) is 52.9. The van der Waals surface area contributed by atoms with Gasteiger partial charge in [-0.25, -0.2) is 19.5 Å². The highest BCUT2D eigenvalue weighted by atomic mass is 79.9. The first-order chi connectivity index (χ1) is 40.4. The second-order valence-corrected chi connectivity index (χ2v) is 21.1. The zero-order chi connectivity index (χ0) is 60.5. The predicted octanol–water partition coefficient (Wildman–Crippen LogP) is 9.58. The van der Waals surface area contributed by atoms with Gasteiger partial charge >= 0.3 is 7.82 Å². The van der Waals surface area contributed by atoms with Crippen LogP contribution in [0.2, 0.25) is 0 Å². The summed E-state index contributed by atoms with van der Waals surface area (Å²) >= 11 is 3.38. The van der Waals surface area contributed by atoms with Gasteiger partial charge in [0.25, 0.3) is 0 Å². The van der Waals surface area contributed by atoms with E-state index in [4.69, 9.17) is 23.0 Å². The molecule has 84 heavy (non-hydrogen) atoms. The molecule has 18 nitrogen and oxygen atoms in total. The van der Waals surface area contributed by atoms with Gasteiger partial charge in [0.1, 0.15) is 65.9 Å². The summed E-state index contributed by atoms with van der Waals surface area (Å²) < 4.78 is 43.4. The van der Waals surface area contributed by atoms with E-state index < -0.39 is 26.3 Å². The third-order valence-electron chi connectivity index (χ3n) is 12.2. The predicted molar refractivity (Wildman–Crippen MR) is 311 cm³/mol. The molecule has 1 aliphatic carbocycles. The van der Waals surface area contributed by atoms with E-state index in [-0.39, 0.29) is 92.1 Å². The molecule has 0 unspecified atom stereocenters. The van der Waals surface area contributed by atoms with Crippen LogP contribution in [-0.4, -0.2) is 124 Å². The standard InChI is InChI=1S/C64H54BrN8O10P/c1-9-11-13-15-17-19-21-23-25-27-48(4)79-35-37-81-84(78,82-38-36-80-49(5)28-26-24-22-20-18-16-14-12-10-2)83-45-53(75)31-34-59-66-42-52(43-67-59)51-30-32-55-54(39-51)61(50(6)74)70-72(55)44-60(76)73-56(40-64(41-57(64)73)46-71(7)8)63(77)69-62-47(3)29-33-58(65)68-62/h29-30,32-33,39,42-43,56-57H,1-2,31,34-38,40-41,44-46H2,3-8H3,(H,68,69,77)/t56-,57+,64-/m0/s1. The number of carbonyl (C=O) groups is 4. The zero-order valence-corrected chi connectivity index (χ0v) is 49.4. The van der Waals surface area contributed by atoms with Crippen LogP contribution in [0.1, 0.15) is 61.9 Å². The number of carbonyl (C=O) groups excluding carboxylic acids is 4. The van der Waals surface area contributed by atoms with Crippen LogP contribution in [-0.2, 0) is 55.0 Å². The van der Waals surface area contributed by atoms with Crippen molar-refractivity contribution in [3.8, 4) is 11.1 Å². The highest BCUT2D eigenvalue weighted by Crippen LogP contribution is 2.60. The van der Waals surface area contributed by atoms with E-state index in [0.29, 0.717) is 51.2 Å². The Bertz CT molecular complexity index is 4040. The molecule has 1 saturated heterocycles. The van der Waals surface area contributed by atoms with E-state index in [1.807, 2.05) is 33.2 Å². The molecular formula is C64H54BrN8O10P. The Morgan fingerprint density at radius 2 is 1.33 bits per heavy atom. The van der Waals surface area contributed by atoms with E-state index in [1.165, 1.54) is 11.6 Å². The maximum absolute atomic E-state index is 14.4. The largest absolute Gasteiger partial charge is 0.487 e. The number of nitrogens with one attached hydrogen (secondary N) is 1. The van der Waals surface area contributed by atoms with Crippen LogP contribution in [0.25, 0.3) is 22.0 Å². The number of phosphoric ester groups is 1. The number of phosphoric acid groups is 1. The van der Waals surface area contributed by atoms with Crippen LogP contribution in [0, 0.1) is 12.3 Å². The number of allylic oxidation sites excluding steroid dienone is 2. The number of aryl methyl sites for hydroxylation is 2. The number of rotatable bonds is 24. The SMILES string of the molecule is C=C=C=C=C=C=C=C=C=C=C=C(C)OCCOP(=O)(OCCOC(C)=C=C=C=C=C=C=C=C=C=C=C)OCC(=O)CCc1ncc(-c2ccc3c(c2)c(C(C)=O)nn3CC(=O)N2[C@H](C(=O)Nc3nc(Br)ccc3C)C[C@@]3(CN(C)C)C[C@@H]23)cn1. The number of pyridine rings is 1. The monoisotopic (exact) mass is 1200 g/mol. The summed E-state index contributed by atoms with van der Waals surface area (Å²) in [7, 11) is -0.419. The fourth-order valence-corrected chi connectivity index (χ4v) is 9.96. The number of anilines is 1. The van der Waals surface area contributed by atoms with Crippen molar-refractivity contribution in [3.05, 3.63) is 204 Å². The number of nitrogens with zero attached hydrogens (tertiary/aromatic N) is 7. The molecule has 2 amide bonds. The summed E-state index contributed by atoms with van der Waals surface area (Å²) in [4.78, 5) is 71.7. The Hall–Kier alpha value is -9.57. The molecule has 0 spiro atoms. The van der Waals surface area contributed by atoms with E-state index in [1.54, 1.807) is 49.3 Å². The number of benzene rings is 1. The molecule has 3 atom stereocenters. The number of aromatic nitrogens is 5. The number of Topliss-reactive ketones (excluding diaryl/α,β-unsaturated/α-hetero) is 2. The van der Waals surface area contributed by atoms with E-state index in [9.17, 15) is 23.7 Å². The van der Waals surface area contributed by atoms with Gasteiger partial charge in [-0.05, 0) is 195 Å². The second-order valence-electron chi connectivity index (χ2n) is 18.7. The molecule has 1 aliphatic heterocycles. The highest BCUT2D eigenvalue weighted by Gasteiger charge is 2.67. The Morgan fingerprint density at radius 3 is 1.89 bits per heavy atom. The third-order valence-corrected chi connectivity index (χ3v) is 14.1. The second kappa shape index (κ2) is 31.6. The number of ketones is 2. The average molecular weight is 1210 g/mol. The lowest BCUT2D eigenvalue weighted by Crippen LogP contribution is -2.47. The Morgan fingerprint density at radius 1 is 0.762 bits per heavy atom. The number of amides is 2. The van der Waals surface area contributed by atoms with Crippen molar-refractivity contribution in [1.29, 1.82) is 0 Å². The molecule has 3 aromatic heterocycles. The van der Waals surface area contributed by atoms with Crippen LogP contribution in [0.5, 0.6) is 0 Å². The normalized spacial score (nSPS) is 15.2. The van der Waals surface area contributed by atoms with Crippen LogP contribution < -0.4 is 5.32 Å². The maximum Gasteiger partial charge on any atom is 0.475 e. The van der Waals surface area contributed by atoms with Gasteiger partial charge in [0.05, 0.1) is 18.7 Å². The number of fused-ring (bicyclic) bond motifs is 2. The van der Waals surface area contributed by atoms with Gasteiger partial charge in [0.2, 0.25) is 11.8 Å². The van der Waals surface area contributed by atoms with Crippen molar-refractivity contribution in [2.45, 2.75) is 72.0 Å². The van der Waals surface area contributed by atoms with Gasteiger partial charge < -0.3 is 24.6 Å². The van der Waals surface area contributed by atoms with E-state index >= 15 is 0 Å². The van der Waals surface area contributed by atoms with Gasteiger partial charge in [0.15, 0.2) is 11.6 Å². The van der Waals surface area contributed by atoms with Crippen LogP contribution >= 0.6 is 23.8 Å². The van der Waals surface area contributed by atoms with Crippen molar-refractivity contribution < 1.29 is 46.8 Å². The Balaban J connectivity index is 1.09. The average Bonchev–Trinajstić information content (AvgIpc) is 1.59. The smallest absolute Gasteiger partial charge is 0.475 e. The molecule has 0 bridgehead atoms. The lowest BCUT2D eigenvalue weighted by molar-refractivity contribution is -0.138. The molecule has 4 heterocycles. The molecule has 2 fully saturated rings. The van der Waals surface area contributed by atoms with E-state index in [2.05, 4.69) is 174 Å². The first-order valence-corrected chi connectivity index (χ1v) is 28.0. The third kappa shape index (κ3) is 19.3. The van der Waals surface area contributed by atoms with Gasteiger partial charge in [-0.15, -0.1) is 0 Å². The minimum Gasteiger partial charge on any atom is -0.487 e. The zero-order valence-electron chi connectivity index (χ0n) is 46.9. The van der Waals surface area contributed by atoms with Crippen LogP contribution in [0.3, 0.4) is 0 Å². The number of halogens is 1. The molecule has 6 rings (SSSR count). The number of hydrogen-bond acceptors (Lipinski definition) is 15. The summed E-state index contributed by atoms with van der Waals surface area (Å²) in [5, 5.41) is 8.09. The minimum atomic E-state index is -4.37. The molecule has 0 radical (unpaired) electrons. The van der Waals surface area contributed by atoms with Crippen molar-refractivity contribution in [2.75, 3.05) is 59.0 Å². The Kier molecular flexibility index (Phi) is 23.9. The first kappa shape index (κ1) is 63.6. The molecule has 4 aromatic rings. The van der Waals surface area contributed by atoms with E-state index in [0.717, 1.165) is 12.0 Å². The summed E-state index contributed by atoms with van der Waals surface area (Å²) in [6, 6.07) is 8.14. The fourth-order valence-electron chi connectivity index (χ4n) is 8.53. The van der Waals surface area contributed by atoms with Gasteiger partial charge in [0, 0.05) is 75.0 Å². The maximum atomic E-state index is 14.4. The quantitative estimate of drug-likeness (QED) is 0.0173. The molecule has 20 heteroatoms. The topological polar surface area (TPSA) is 206 Å². The molecule has 422 valence electrons. The minimum absolute atomic E-state index is 0.0839. The molecule has 1 N–H and O–H groups in total. The molecular weight excluding hydrogens is 1150 g/mol. The Labute approximate surface area is 494 Å². The van der Waals surface area contributed by atoms with Crippen LogP contribution in [0.15, 0.2) is 187 Å². The van der Waals surface area contributed by atoms with Crippen molar-refractivity contribution in [2.24, 2.45) is 5.41 Å². The lowest BCUT2D eigenvalue weighted by atomic mass is 9.98. The summed E-state index contributed by atoms with van der Waals surface area (Å²) in [5.74, 6) is -0.0420. The molecule has 2 aliphatic rings. The molecule has 1 aromatic carbocycles. The number of hydrogen-bond donors (Lipinski definition) is 1. The summed E-state index contributed by atoms with van der Waals surface area (Å²) in [6.45, 7) is 12.2. The van der Waals surface area contributed by atoms with Gasteiger partial charge in [-0.2, -0.15) is 5.10 Å². The van der Waals surface area contributed by atoms with Gasteiger partial charge in [-0.1, -0.05) is 23.6 Å². The number of piperidine rings is 1. The summed E-state index contributed by atoms with van der Waals surface area (Å²) in [6.07, 6.45) is 4.47. The van der Waals surface area contributed by atoms with Crippen molar-refractivity contribution in [1.82, 2.24) is 34.5 Å². The highest BCUT2D eigenvalue weighted by molar-refractivity contribution is 9.10. The van der Waals surface area contributed by atoms with Crippen molar-refractivity contribution in [3.63, 3.8) is 0 Å². The van der Waals surface area contributed by atoms with Crippen molar-refractivity contribution >= 4 is 63.9 Å².